The van der Waals surface area contributed by atoms with Crippen molar-refractivity contribution in [3.05, 3.63) is 39.7 Å². The van der Waals surface area contributed by atoms with Gasteiger partial charge in [-0.3, -0.25) is 0 Å². The molecule has 0 amide bonds. The lowest BCUT2D eigenvalue weighted by Gasteiger charge is -2.13. The molecule has 0 fully saturated rings. The molecule has 0 aliphatic carbocycles. The van der Waals surface area contributed by atoms with Crippen LogP contribution >= 0.6 is 11.3 Å². The molecule has 5 nitrogen and oxygen atoms in total. The van der Waals surface area contributed by atoms with E-state index in [1.54, 1.807) is 17.5 Å². The van der Waals surface area contributed by atoms with E-state index in [4.69, 9.17) is 5.11 Å². The van der Waals surface area contributed by atoms with Gasteiger partial charge in [-0.2, -0.15) is 0 Å². The molecule has 0 saturated carbocycles. The van der Waals surface area contributed by atoms with Gasteiger partial charge in [0.15, 0.2) is 0 Å². The van der Waals surface area contributed by atoms with Crippen LogP contribution in [-0.4, -0.2) is 21.0 Å². The number of thiazole rings is 1. The minimum Gasteiger partial charge on any atom is -0.478 e. The van der Waals surface area contributed by atoms with Crippen LogP contribution in [0.3, 0.4) is 0 Å². The van der Waals surface area contributed by atoms with Gasteiger partial charge in [-0.1, -0.05) is 6.92 Å². The second-order valence-corrected chi connectivity index (χ2v) is 5.39. The van der Waals surface area contributed by atoms with Gasteiger partial charge in [0.25, 0.3) is 0 Å². The molecule has 0 radical (unpaired) electrons. The second kappa shape index (κ2) is 5.96. The quantitative estimate of drug-likeness (QED) is 0.886. The van der Waals surface area contributed by atoms with Crippen molar-refractivity contribution < 1.29 is 14.3 Å². The first-order chi connectivity index (χ1) is 9.51. The van der Waals surface area contributed by atoms with Crippen molar-refractivity contribution in [2.75, 3.05) is 5.32 Å². The zero-order chi connectivity index (χ0) is 14.7. The lowest BCUT2D eigenvalue weighted by atomic mass is 10.2. The van der Waals surface area contributed by atoms with Gasteiger partial charge >= 0.3 is 5.97 Å². The van der Waals surface area contributed by atoms with Crippen LogP contribution in [0.1, 0.15) is 40.1 Å². The van der Waals surface area contributed by atoms with Crippen LogP contribution in [0, 0.1) is 5.82 Å². The number of aromatic nitrogens is 2. The summed E-state index contributed by atoms with van der Waals surface area (Å²) < 4.78 is 13.1. The first-order valence-corrected chi connectivity index (χ1v) is 6.93. The summed E-state index contributed by atoms with van der Waals surface area (Å²) in [6.07, 6.45) is 3.69. The number of carboxylic acid groups (broad SMARTS) is 1. The number of carboxylic acids is 1. The fourth-order valence-corrected chi connectivity index (χ4v) is 2.53. The molecule has 0 bridgehead atoms. The fourth-order valence-electron chi connectivity index (χ4n) is 1.67. The first kappa shape index (κ1) is 14.4. The van der Waals surface area contributed by atoms with Crippen molar-refractivity contribution in [2.24, 2.45) is 0 Å². The molecule has 0 spiro atoms. The van der Waals surface area contributed by atoms with E-state index in [1.807, 2.05) is 13.8 Å². The van der Waals surface area contributed by atoms with Gasteiger partial charge in [-0.25, -0.2) is 19.2 Å². The van der Waals surface area contributed by atoms with Crippen molar-refractivity contribution in [3.63, 3.8) is 0 Å². The third kappa shape index (κ3) is 3.11. The van der Waals surface area contributed by atoms with Crippen LogP contribution in [0.4, 0.5) is 10.2 Å². The molecule has 2 rings (SSSR count). The Kier molecular flexibility index (Phi) is 4.29. The number of aryl methyl sites for hydroxylation is 1. The molecule has 2 aromatic rings. The van der Waals surface area contributed by atoms with Crippen LogP contribution < -0.4 is 5.32 Å². The standard InChI is InChI=1S/C13H14FN3O2S/c1-3-9-6-16-12(20-9)7(2)17-11-10(13(18)19)4-8(14)5-15-11/h4-7H,3H2,1-2H3,(H,15,17)(H,18,19). The van der Waals surface area contributed by atoms with Crippen molar-refractivity contribution in [3.8, 4) is 0 Å². The van der Waals surface area contributed by atoms with E-state index >= 15 is 0 Å². The summed E-state index contributed by atoms with van der Waals surface area (Å²) in [6.45, 7) is 3.90. The average molecular weight is 295 g/mol. The Balaban J connectivity index is 2.23. The fraction of sp³-hybridized carbons (Fsp3) is 0.308. The predicted octanol–water partition coefficient (Wildman–Crippen LogP) is 3.11. The second-order valence-electron chi connectivity index (χ2n) is 4.24. The monoisotopic (exact) mass is 295 g/mol. The van der Waals surface area contributed by atoms with Gasteiger partial charge in [-0.15, -0.1) is 11.3 Å². The molecule has 0 saturated heterocycles. The van der Waals surface area contributed by atoms with E-state index in [0.717, 1.165) is 28.6 Å². The van der Waals surface area contributed by atoms with E-state index < -0.39 is 11.8 Å². The number of hydrogen-bond donors (Lipinski definition) is 2. The van der Waals surface area contributed by atoms with Gasteiger partial charge in [0.2, 0.25) is 0 Å². The molecule has 106 valence electrons. The Morgan fingerprint density at radius 3 is 2.85 bits per heavy atom. The van der Waals surface area contributed by atoms with Crippen LogP contribution in [0.2, 0.25) is 0 Å². The Bertz CT molecular complexity index is 630. The summed E-state index contributed by atoms with van der Waals surface area (Å²) in [6, 6.07) is 0.750. The third-order valence-corrected chi connectivity index (χ3v) is 4.05. The number of aromatic carboxylic acids is 1. The van der Waals surface area contributed by atoms with Crippen molar-refractivity contribution >= 4 is 23.1 Å². The summed E-state index contributed by atoms with van der Waals surface area (Å²) in [5.41, 5.74) is -0.191. The SMILES string of the molecule is CCc1cnc(C(C)Nc2ncc(F)cc2C(=O)O)s1. The summed E-state index contributed by atoms with van der Waals surface area (Å²) in [4.78, 5) is 20.3. The van der Waals surface area contributed by atoms with E-state index in [-0.39, 0.29) is 17.4 Å². The third-order valence-electron chi connectivity index (χ3n) is 2.73. The number of nitrogens with one attached hydrogen (secondary N) is 1. The normalized spacial score (nSPS) is 12.2. The predicted molar refractivity (Wildman–Crippen MR) is 74.7 cm³/mol. The minimum atomic E-state index is -1.22. The minimum absolute atomic E-state index is 0.139. The van der Waals surface area contributed by atoms with Crippen LogP contribution in [-0.2, 0) is 6.42 Å². The molecule has 2 heterocycles. The summed E-state index contributed by atoms with van der Waals surface area (Å²) >= 11 is 1.55. The zero-order valence-corrected chi connectivity index (χ0v) is 11.9. The number of anilines is 1. The molecular weight excluding hydrogens is 281 g/mol. The van der Waals surface area contributed by atoms with E-state index in [1.165, 1.54) is 0 Å². The largest absolute Gasteiger partial charge is 0.478 e. The highest BCUT2D eigenvalue weighted by molar-refractivity contribution is 7.11. The van der Waals surface area contributed by atoms with Gasteiger partial charge in [0.05, 0.1) is 12.2 Å². The molecular formula is C13H14FN3O2S. The molecule has 1 atom stereocenters. The maximum atomic E-state index is 13.1. The molecule has 20 heavy (non-hydrogen) atoms. The Morgan fingerprint density at radius 2 is 2.25 bits per heavy atom. The topological polar surface area (TPSA) is 75.1 Å². The number of pyridine rings is 1. The van der Waals surface area contributed by atoms with Crippen LogP contribution in [0.25, 0.3) is 0 Å². The highest BCUT2D eigenvalue weighted by Gasteiger charge is 2.17. The Hall–Kier alpha value is -2.02. The van der Waals surface area contributed by atoms with Gasteiger partial charge in [-0.05, 0) is 19.4 Å². The van der Waals surface area contributed by atoms with Gasteiger partial charge in [0.1, 0.15) is 22.2 Å². The molecule has 0 aliphatic rings. The van der Waals surface area contributed by atoms with Crippen molar-refractivity contribution in [2.45, 2.75) is 26.3 Å². The molecule has 7 heteroatoms. The van der Waals surface area contributed by atoms with Gasteiger partial charge < -0.3 is 10.4 Å². The molecule has 0 aromatic carbocycles. The smallest absolute Gasteiger partial charge is 0.339 e. The number of rotatable bonds is 5. The van der Waals surface area contributed by atoms with E-state index in [2.05, 4.69) is 15.3 Å². The highest BCUT2D eigenvalue weighted by Crippen LogP contribution is 2.25. The number of nitrogens with zero attached hydrogens (tertiary/aromatic N) is 2. The Morgan fingerprint density at radius 1 is 1.50 bits per heavy atom. The summed E-state index contributed by atoms with van der Waals surface area (Å²) in [7, 11) is 0. The van der Waals surface area contributed by atoms with Crippen LogP contribution in [0.15, 0.2) is 18.5 Å². The average Bonchev–Trinajstić information content (AvgIpc) is 2.89. The van der Waals surface area contributed by atoms with Crippen molar-refractivity contribution in [1.82, 2.24) is 9.97 Å². The number of halogens is 1. The first-order valence-electron chi connectivity index (χ1n) is 6.11. The molecule has 2 aromatic heterocycles. The Labute approximate surface area is 119 Å². The summed E-state index contributed by atoms with van der Waals surface area (Å²) in [5.74, 6) is -1.76. The number of carbonyl (C=O) groups is 1. The highest BCUT2D eigenvalue weighted by atomic mass is 32.1. The van der Waals surface area contributed by atoms with E-state index in [0.29, 0.717) is 0 Å². The van der Waals surface area contributed by atoms with Crippen LogP contribution in [0.5, 0.6) is 0 Å². The lowest BCUT2D eigenvalue weighted by molar-refractivity contribution is 0.0697. The van der Waals surface area contributed by atoms with Crippen molar-refractivity contribution in [1.29, 1.82) is 0 Å². The zero-order valence-electron chi connectivity index (χ0n) is 11.1. The summed E-state index contributed by atoms with van der Waals surface area (Å²) in [5, 5.41) is 12.9. The maximum Gasteiger partial charge on any atom is 0.339 e. The lowest BCUT2D eigenvalue weighted by Crippen LogP contribution is -2.12. The molecule has 1 unspecified atom stereocenters. The maximum absolute atomic E-state index is 13.1. The molecule has 2 N–H and O–H groups in total. The van der Waals surface area contributed by atoms with E-state index in [9.17, 15) is 9.18 Å². The number of hydrogen-bond acceptors (Lipinski definition) is 5. The van der Waals surface area contributed by atoms with Gasteiger partial charge in [0, 0.05) is 11.1 Å². The molecule has 0 aliphatic heterocycles.